The van der Waals surface area contributed by atoms with Gasteiger partial charge in [0.25, 0.3) is 0 Å². The molecule has 0 amide bonds. The zero-order valence-electron chi connectivity index (χ0n) is 19.4. The van der Waals surface area contributed by atoms with Crippen LogP contribution in [0.5, 0.6) is 11.5 Å². The maximum Gasteiger partial charge on any atom is 0.135 e. The van der Waals surface area contributed by atoms with E-state index in [4.69, 9.17) is 9.15 Å². The van der Waals surface area contributed by atoms with Crippen molar-refractivity contribution in [2.45, 2.75) is 6.92 Å². The third-order valence-corrected chi connectivity index (χ3v) is 6.28. The van der Waals surface area contributed by atoms with Gasteiger partial charge in [-0.25, -0.2) is 0 Å². The van der Waals surface area contributed by atoms with Gasteiger partial charge < -0.3 is 9.15 Å². The van der Waals surface area contributed by atoms with Crippen molar-refractivity contribution in [2.75, 3.05) is 0 Å². The highest BCUT2D eigenvalue weighted by Gasteiger charge is 2.11. The summed E-state index contributed by atoms with van der Waals surface area (Å²) >= 11 is 0. The molecule has 0 bridgehead atoms. The SMILES string of the molecule is Cc1ccc(-c2ccc(-c3ccc(-c4cccc5c(Oc6ccccc6)cccc45)cc3)o2)cc1. The third kappa shape index (κ3) is 4.22. The Bertz CT molecular complexity index is 1590. The smallest absolute Gasteiger partial charge is 0.135 e. The highest BCUT2D eigenvalue weighted by atomic mass is 16.5. The van der Waals surface area contributed by atoms with E-state index in [-0.39, 0.29) is 0 Å². The van der Waals surface area contributed by atoms with Crippen molar-refractivity contribution in [3.05, 3.63) is 133 Å². The Hall–Kier alpha value is -4.56. The van der Waals surface area contributed by atoms with Gasteiger partial charge in [-0.05, 0) is 53.8 Å². The van der Waals surface area contributed by atoms with Crippen LogP contribution in [-0.2, 0) is 0 Å². The number of hydrogen-bond donors (Lipinski definition) is 0. The normalized spacial score (nSPS) is 11.0. The fourth-order valence-electron chi connectivity index (χ4n) is 4.42. The molecule has 0 aliphatic rings. The Balaban J connectivity index is 1.31. The van der Waals surface area contributed by atoms with Crippen LogP contribution in [0, 0.1) is 6.92 Å². The van der Waals surface area contributed by atoms with Crippen molar-refractivity contribution >= 4 is 10.8 Å². The zero-order valence-corrected chi connectivity index (χ0v) is 19.4. The standard InChI is InChI=1S/C33H24O2/c1-23-13-15-25(16-14-23)31-21-22-32(35-31)26-19-17-24(18-20-26)28-9-5-11-30-29(28)10-6-12-33(30)34-27-7-3-2-4-8-27/h2-22H,1H3. The van der Waals surface area contributed by atoms with Crippen LogP contribution in [0.2, 0.25) is 0 Å². The quantitative estimate of drug-likeness (QED) is 0.260. The topological polar surface area (TPSA) is 22.4 Å². The van der Waals surface area contributed by atoms with Crippen molar-refractivity contribution < 1.29 is 9.15 Å². The van der Waals surface area contributed by atoms with Crippen molar-refractivity contribution in [3.8, 4) is 45.3 Å². The van der Waals surface area contributed by atoms with Crippen LogP contribution in [0.25, 0.3) is 44.5 Å². The minimum Gasteiger partial charge on any atom is -0.457 e. The van der Waals surface area contributed by atoms with E-state index in [9.17, 15) is 0 Å². The summed E-state index contributed by atoms with van der Waals surface area (Å²) in [5.41, 5.74) is 5.71. The summed E-state index contributed by atoms with van der Waals surface area (Å²) in [6.07, 6.45) is 0. The molecule has 2 heteroatoms. The molecule has 0 aliphatic heterocycles. The van der Waals surface area contributed by atoms with Gasteiger partial charge >= 0.3 is 0 Å². The average Bonchev–Trinajstić information content (AvgIpc) is 3.40. The molecule has 5 aromatic carbocycles. The van der Waals surface area contributed by atoms with Gasteiger partial charge in [-0.3, -0.25) is 0 Å². The van der Waals surface area contributed by atoms with Crippen LogP contribution >= 0.6 is 0 Å². The molecule has 6 aromatic rings. The molecule has 0 unspecified atom stereocenters. The highest BCUT2D eigenvalue weighted by Crippen LogP contribution is 2.36. The molecule has 0 atom stereocenters. The van der Waals surface area contributed by atoms with Crippen LogP contribution in [-0.4, -0.2) is 0 Å². The number of rotatable bonds is 5. The van der Waals surface area contributed by atoms with E-state index in [1.807, 2.05) is 54.6 Å². The van der Waals surface area contributed by atoms with E-state index in [1.165, 1.54) is 11.1 Å². The van der Waals surface area contributed by atoms with Crippen LogP contribution in [0.1, 0.15) is 5.56 Å². The molecule has 6 rings (SSSR count). The predicted molar refractivity (Wildman–Crippen MR) is 144 cm³/mol. The molecule has 1 heterocycles. The second-order valence-electron chi connectivity index (χ2n) is 8.68. The van der Waals surface area contributed by atoms with Crippen molar-refractivity contribution in [1.29, 1.82) is 0 Å². The van der Waals surface area contributed by atoms with Crippen molar-refractivity contribution in [2.24, 2.45) is 0 Å². The minimum absolute atomic E-state index is 0.832. The monoisotopic (exact) mass is 452 g/mol. The molecule has 0 saturated carbocycles. The van der Waals surface area contributed by atoms with Crippen LogP contribution in [0.3, 0.4) is 0 Å². The lowest BCUT2D eigenvalue weighted by Crippen LogP contribution is -1.87. The maximum absolute atomic E-state index is 6.19. The van der Waals surface area contributed by atoms with Crippen molar-refractivity contribution in [3.63, 3.8) is 0 Å². The Morgan fingerprint density at radius 2 is 1.09 bits per heavy atom. The van der Waals surface area contributed by atoms with E-state index in [0.717, 1.165) is 50.5 Å². The zero-order chi connectivity index (χ0) is 23.6. The van der Waals surface area contributed by atoms with Crippen LogP contribution in [0.15, 0.2) is 132 Å². The van der Waals surface area contributed by atoms with E-state index in [1.54, 1.807) is 0 Å². The van der Waals surface area contributed by atoms with Gasteiger partial charge in [0.05, 0.1) is 0 Å². The summed E-state index contributed by atoms with van der Waals surface area (Å²) in [6.45, 7) is 2.09. The molecular weight excluding hydrogens is 428 g/mol. The third-order valence-electron chi connectivity index (χ3n) is 6.28. The molecule has 0 aliphatic carbocycles. The van der Waals surface area contributed by atoms with Crippen LogP contribution in [0.4, 0.5) is 0 Å². The molecule has 168 valence electrons. The maximum atomic E-state index is 6.19. The first kappa shape index (κ1) is 21.0. The molecule has 2 nitrogen and oxygen atoms in total. The van der Waals surface area contributed by atoms with Gasteiger partial charge in [0.1, 0.15) is 23.0 Å². The number of ether oxygens (including phenoxy) is 1. The van der Waals surface area contributed by atoms with E-state index in [2.05, 4.69) is 79.7 Å². The summed E-state index contributed by atoms with van der Waals surface area (Å²) in [7, 11) is 0. The lowest BCUT2D eigenvalue weighted by Gasteiger charge is -2.12. The summed E-state index contributed by atoms with van der Waals surface area (Å²) in [5, 5.41) is 2.25. The fourth-order valence-corrected chi connectivity index (χ4v) is 4.42. The largest absolute Gasteiger partial charge is 0.457 e. The number of fused-ring (bicyclic) bond motifs is 1. The van der Waals surface area contributed by atoms with Crippen LogP contribution < -0.4 is 4.74 Å². The first-order chi connectivity index (χ1) is 17.2. The minimum atomic E-state index is 0.832. The molecule has 0 fully saturated rings. The Morgan fingerprint density at radius 3 is 1.80 bits per heavy atom. The Labute approximate surface area is 205 Å². The predicted octanol–water partition coefficient (Wildman–Crippen LogP) is 9.53. The number of furan rings is 1. The molecule has 0 N–H and O–H groups in total. The summed E-state index contributed by atoms with van der Waals surface area (Å²) < 4.78 is 12.4. The lowest BCUT2D eigenvalue weighted by molar-refractivity contribution is 0.488. The molecule has 0 radical (unpaired) electrons. The number of aryl methyl sites for hydroxylation is 1. The second-order valence-corrected chi connectivity index (χ2v) is 8.68. The molecule has 1 aromatic heterocycles. The van der Waals surface area contributed by atoms with E-state index in [0.29, 0.717) is 0 Å². The van der Waals surface area contributed by atoms with E-state index < -0.39 is 0 Å². The van der Waals surface area contributed by atoms with Gasteiger partial charge in [-0.2, -0.15) is 0 Å². The summed E-state index contributed by atoms with van der Waals surface area (Å²) in [4.78, 5) is 0. The van der Waals surface area contributed by atoms with Gasteiger partial charge in [0, 0.05) is 16.5 Å². The van der Waals surface area contributed by atoms with Gasteiger partial charge in [0.2, 0.25) is 0 Å². The van der Waals surface area contributed by atoms with Gasteiger partial charge in [-0.1, -0.05) is 103 Å². The number of hydrogen-bond acceptors (Lipinski definition) is 2. The first-order valence-electron chi connectivity index (χ1n) is 11.8. The number of para-hydroxylation sites is 1. The lowest BCUT2D eigenvalue weighted by atomic mass is 9.97. The molecular formula is C33H24O2. The first-order valence-corrected chi connectivity index (χ1v) is 11.8. The molecule has 35 heavy (non-hydrogen) atoms. The molecule has 0 spiro atoms. The Morgan fingerprint density at radius 1 is 0.486 bits per heavy atom. The van der Waals surface area contributed by atoms with E-state index >= 15 is 0 Å². The Kier molecular flexibility index (Phi) is 5.40. The van der Waals surface area contributed by atoms with Gasteiger partial charge in [0.15, 0.2) is 0 Å². The fraction of sp³-hybridized carbons (Fsp3) is 0.0303. The van der Waals surface area contributed by atoms with Gasteiger partial charge in [-0.15, -0.1) is 0 Å². The summed E-state index contributed by atoms with van der Waals surface area (Å²) in [6, 6.07) is 43.5. The summed E-state index contributed by atoms with van der Waals surface area (Å²) in [5.74, 6) is 3.43. The van der Waals surface area contributed by atoms with Crippen molar-refractivity contribution in [1.82, 2.24) is 0 Å². The average molecular weight is 453 g/mol. The highest BCUT2D eigenvalue weighted by molar-refractivity contribution is 6.00. The molecule has 0 saturated heterocycles. The number of benzene rings is 5. The second kappa shape index (κ2) is 9.00.